The van der Waals surface area contributed by atoms with Gasteiger partial charge in [0.1, 0.15) is 0 Å². The maximum absolute atomic E-state index is 0. The average molecular weight is 2210 g/mol. The molecule has 1104 valence electrons. The van der Waals surface area contributed by atoms with Crippen molar-refractivity contribution in [3.8, 4) is 0 Å². The molecule has 0 unspecified atom stereocenters. The smallest absolute Gasteiger partial charge is 0.0776 e. The zero-order chi connectivity index (χ0) is 0. The van der Waals surface area contributed by atoms with Gasteiger partial charge in [-0.25, -0.2) is 0 Å². The van der Waals surface area contributed by atoms with E-state index in [0.717, 1.165) is 0 Å². The molecule has 0 N–H and O–H groups in total. The Morgan fingerprint density at radius 1 is 0.00725 bits per heavy atom. The van der Waals surface area contributed by atoms with Crippen LogP contribution in [0.2, 0.25) is 0 Å². The van der Waals surface area contributed by atoms with E-state index in [-0.39, 0.29) is 1020 Å². The summed E-state index contributed by atoms with van der Waals surface area (Å²) in [6.45, 7) is 0. The molecule has 0 spiro atoms. The second kappa shape index (κ2) is 0. The lowest BCUT2D eigenvalue weighted by molar-refractivity contribution is 2.50. The summed E-state index contributed by atoms with van der Waals surface area (Å²) in [5.41, 5.74) is 0. The first-order valence-electron chi connectivity index (χ1n) is 0. The molecule has 0 heteroatoms. The van der Waals surface area contributed by atoms with Crippen LogP contribution in [-0.2, 0) is 0 Å². The van der Waals surface area contributed by atoms with Crippen molar-refractivity contribution in [2.45, 2.75) is 1020 Å². The molecule has 0 bridgehead atoms. The third kappa shape index (κ3) is 0. The van der Waals surface area contributed by atoms with Gasteiger partial charge < -0.3 is 0 Å². The first-order valence-corrected chi connectivity index (χ1v) is 0. The van der Waals surface area contributed by atoms with Crippen LogP contribution in [0.4, 0.5) is 0 Å². The number of hydrogen-bond donors (Lipinski definition) is 0. The van der Waals surface area contributed by atoms with Gasteiger partial charge in [0.25, 0.3) is 0 Å². The van der Waals surface area contributed by atoms with Gasteiger partial charge in [-0.2, -0.15) is 0 Å². The lowest BCUT2D eigenvalue weighted by Gasteiger charge is -0.0786. The second-order valence-corrected chi connectivity index (χ2v) is 0. The molecule has 0 aromatic carbocycles. The van der Waals surface area contributed by atoms with Crippen LogP contribution in [0, 0.1) is 0 Å². The maximum atomic E-state index is 0. The fourth-order valence-electron chi connectivity index (χ4n) is 0. The summed E-state index contributed by atoms with van der Waals surface area (Å²) in [6.07, 6.45) is 0. The molecule has 0 aliphatic rings. The highest BCUT2D eigenvalue weighted by Crippen LogP contribution is 0.281. The van der Waals surface area contributed by atoms with Crippen LogP contribution in [-0.4, -0.2) is 0 Å². The Labute approximate surface area is 1020 Å². The first kappa shape index (κ1) is 0. The summed E-state index contributed by atoms with van der Waals surface area (Å²) in [5, 5.41) is 0. The minimum Gasteiger partial charge on any atom is -0.0776 e. The summed E-state index contributed by atoms with van der Waals surface area (Å²) in [5.74, 6) is 0. The fourth-order valence-corrected chi connectivity index (χ4v) is 0. The minimum atomic E-state index is 0. The summed E-state index contributed by atoms with van der Waals surface area (Å²) in [6, 6.07) is 0. The van der Waals surface area contributed by atoms with E-state index in [1.54, 1.807) is 0 Å². The Morgan fingerprint density at radius 3 is 0.00725 bits per heavy atom. The highest BCUT2D eigenvalue weighted by atomic mass is 12.1. The molecule has 0 nitrogen and oxygen atoms in total. The van der Waals surface area contributed by atoms with Crippen molar-refractivity contribution in [3.05, 3.63) is 0 Å². The molecule has 0 aromatic rings. The Bertz CT molecular complexity index is 0. The molecule has 0 fully saturated rings. The Hall–Kier alpha value is 0. The van der Waals surface area contributed by atoms with E-state index < -0.39 is 0 Å². The Kier molecular flexibility index (Phi) is 0. The lowest BCUT2D eigenvalue weighted by atomic mass is 12.0. The summed E-state index contributed by atoms with van der Waals surface area (Å²) in [4.78, 5) is 0. The minimum absolute atomic E-state index is 0. The van der Waals surface area contributed by atoms with Crippen LogP contribution < -0.4 is 0 Å². The van der Waals surface area contributed by atoms with E-state index >= 15 is 0 Å². The van der Waals surface area contributed by atoms with Gasteiger partial charge in [-0.05, 0) is 0 Å². The highest BCUT2D eigenvalue weighted by molar-refractivity contribution is 2.64. The molecular formula is C138H552. The third-order valence-electron chi connectivity index (χ3n) is 0. The van der Waals surface area contributed by atoms with Gasteiger partial charge in [0.05, 0.1) is 0 Å². The molecule has 0 saturated heterocycles. The monoisotopic (exact) mass is 2210 g/mol. The van der Waals surface area contributed by atoms with Crippen LogP contribution in [0.5, 0.6) is 0 Å². The van der Waals surface area contributed by atoms with E-state index in [4.69, 9.17) is 0 Å². The molecule has 0 radical (unpaired) electrons. The molecule has 0 saturated carbocycles. The maximum Gasteiger partial charge on any atom is -0.0776 e. The van der Waals surface area contributed by atoms with Crippen molar-refractivity contribution in [1.29, 1.82) is 0 Å². The molecule has 0 aliphatic heterocycles. The Morgan fingerprint density at radius 2 is 0.00725 bits per heavy atom. The van der Waals surface area contributed by atoms with E-state index in [0.29, 0.717) is 0 Å². The van der Waals surface area contributed by atoms with E-state index in [2.05, 4.69) is 0 Å². The molecule has 0 heterocycles. The van der Waals surface area contributed by atoms with E-state index in [1.807, 2.05) is 0 Å². The second-order valence-electron chi connectivity index (χ2n) is 0. The zero-order valence-electron chi connectivity index (χ0n) is 0. The predicted molar refractivity (Wildman–Crippen MR) is 929 cm³/mol. The molecule has 0 aromatic heterocycles. The van der Waals surface area contributed by atoms with Crippen molar-refractivity contribution < 1.29 is 0 Å². The van der Waals surface area contributed by atoms with Gasteiger partial charge in [0.2, 0.25) is 0 Å². The molecule has 0 atom stereocenters. The van der Waals surface area contributed by atoms with Crippen molar-refractivity contribution in [3.63, 3.8) is 0 Å². The highest BCUT2D eigenvalue weighted by Gasteiger charge is 0.0594. The van der Waals surface area contributed by atoms with Crippen molar-refractivity contribution >= 4 is 0 Å². The normalized spacial score (nSPS) is 0. The predicted octanol–water partition coefficient (Wildman–Crippen LogP) is 87.8. The van der Waals surface area contributed by atoms with Gasteiger partial charge in [-0.3, -0.25) is 0 Å². The van der Waals surface area contributed by atoms with Gasteiger partial charge in [0, 0.05) is 0 Å². The topological polar surface area (TPSA) is 0 Å². The third-order valence-corrected chi connectivity index (χ3v) is 0. The average Bonchev–Trinajstić information content (AvgIpc) is 0. The van der Waals surface area contributed by atoms with Crippen molar-refractivity contribution in [1.82, 2.24) is 0 Å². The summed E-state index contributed by atoms with van der Waals surface area (Å²) < 4.78 is 0. The number of rotatable bonds is 0. The number of hydrogen-bond acceptors (Lipinski definition) is 0. The standard InChI is InChI=1S/138CH4/h138*1H4. The summed E-state index contributed by atoms with van der Waals surface area (Å²) >= 11 is 0. The van der Waals surface area contributed by atoms with Crippen LogP contribution >= 0.6 is 0 Å². The molecule has 0 amide bonds. The van der Waals surface area contributed by atoms with Gasteiger partial charge in [0.15, 0.2) is 0 Å². The zero-order valence-corrected chi connectivity index (χ0v) is 0. The van der Waals surface area contributed by atoms with Crippen LogP contribution in [0.25, 0.3) is 0 Å². The van der Waals surface area contributed by atoms with Crippen LogP contribution in [0.1, 0.15) is 1020 Å². The molecule has 0 rings (SSSR count). The molecular weight excluding hydrogens is 1660 g/mol. The SMILES string of the molecule is C.C.C.C.C.C.C.C.C.C.C.C.C.C.C.C.C.C.C.C.C.C.C.C.C.C.C.C.C.C.C.C.C.C.C.C.C.C.C.C.C.C.C.C.C.C.C.C.C.C.C.C.C.C.C.C.C.C.C.C.C.C.C.C.C.C.C.C.C.C.C.C.C.C.C.C.C.C.C.C.C.C.C.C.C.C.C.C.C.C.C.C.C.C.C.C.C.C.C.C.C.C.C.C.C.C.C.C.C.C.C.C.C.C.C.C.C.C.C.C.C.C.C.C.C.C.C.C.C.C.C.C.C.C.C.C.C.C. The molecule has 0 aliphatic carbocycles. The van der Waals surface area contributed by atoms with E-state index in [9.17, 15) is 0 Å². The van der Waals surface area contributed by atoms with Gasteiger partial charge in [-0.1, -0.05) is 1020 Å². The quantitative estimate of drug-likeness (QED) is 0.227. The van der Waals surface area contributed by atoms with Gasteiger partial charge >= 0.3 is 0 Å². The van der Waals surface area contributed by atoms with Crippen molar-refractivity contribution in [2.24, 2.45) is 0 Å². The van der Waals surface area contributed by atoms with E-state index in [1.165, 1.54) is 0 Å². The molecule has 138 heavy (non-hydrogen) atoms. The fraction of sp³-hybridized carbons (Fsp3) is 1.00. The summed E-state index contributed by atoms with van der Waals surface area (Å²) in [7, 11) is 0. The first-order chi connectivity index (χ1) is 0. The van der Waals surface area contributed by atoms with Crippen LogP contribution in [0.15, 0.2) is 0 Å². The largest absolute Gasteiger partial charge is 0.0776 e. The van der Waals surface area contributed by atoms with Crippen LogP contribution in [0.3, 0.4) is 0 Å². The lowest BCUT2D eigenvalue weighted by Crippen LogP contribution is 0.143. The van der Waals surface area contributed by atoms with Gasteiger partial charge in [-0.15, -0.1) is 0 Å². The van der Waals surface area contributed by atoms with Crippen molar-refractivity contribution in [2.75, 3.05) is 0 Å². The Balaban J connectivity index is 0.